The van der Waals surface area contributed by atoms with E-state index in [0.717, 1.165) is 54.1 Å². The fraction of sp³-hybridized carbons (Fsp3) is 0.474. The zero-order chi connectivity index (χ0) is 18.8. The lowest BCUT2D eigenvalue weighted by molar-refractivity contribution is 0.354. The maximum absolute atomic E-state index is 5.35. The monoisotopic (exact) mass is 504 g/mol. The van der Waals surface area contributed by atoms with E-state index in [9.17, 15) is 0 Å². The van der Waals surface area contributed by atoms with E-state index in [2.05, 4.69) is 45.9 Å². The number of nitrogens with zero attached hydrogens (tertiary/aromatic N) is 2. The summed E-state index contributed by atoms with van der Waals surface area (Å²) in [5.41, 5.74) is 2.20. The van der Waals surface area contributed by atoms with Crippen molar-refractivity contribution in [2.45, 2.75) is 33.2 Å². The molecule has 0 aliphatic heterocycles. The minimum Gasteiger partial charge on any atom is -0.493 e. The van der Waals surface area contributed by atoms with Crippen LogP contribution in [0.2, 0.25) is 0 Å². The number of thiazole rings is 1. The highest BCUT2D eigenvalue weighted by Gasteiger charge is 2.05. The van der Waals surface area contributed by atoms with Crippen molar-refractivity contribution < 1.29 is 9.47 Å². The third-order valence-electron chi connectivity index (χ3n) is 3.80. The summed E-state index contributed by atoms with van der Waals surface area (Å²) >= 11 is 1.69. The number of rotatable bonds is 9. The molecule has 0 amide bonds. The molecule has 0 atom stereocenters. The Morgan fingerprint density at radius 1 is 1.15 bits per heavy atom. The van der Waals surface area contributed by atoms with E-state index in [1.807, 2.05) is 12.1 Å². The molecule has 2 rings (SSSR count). The van der Waals surface area contributed by atoms with E-state index in [1.165, 1.54) is 5.56 Å². The van der Waals surface area contributed by atoms with Gasteiger partial charge in [0, 0.05) is 18.5 Å². The van der Waals surface area contributed by atoms with E-state index in [4.69, 9.17) is 9.47 Å². The summed E-state index contributed by atoms with van der Waals surface area (Å²) in [6.45, 7) is 6.36. The van der Waals surface area contributed by atoms with Gasteiger partial charge in [0.2, 0.25) is 0 Å². The van der Waals surface area contributed by atoms with Gasteiger partial charge in [-0.3, -0.25) is 0 Å². The number of aliphatic imine (C=N–C) groups is 1. The lowest BCUT2D eigenvalue weighted by Crippen LogP contribution is -2.38. The number of guanidine groups is 1. The number of hydrogen-bond donors (Lipinski definition) is 2. The Bertz CT molecular complexity index is 721. The zero-order valence-electron chi connectivity index (χ0n) is 16.4. The summed E-state index contributed by atoms with van der Waals surface area (Å²) in [6, 6.07) is 5.99. The van der Waals surface area contributed by atoms with Crippen LogP contribution in [-0.4, -0.2) is 38.3 Å². The average molecular weight is 504 g/mol. The molecule has 0 bridgehead atoms. The fourth-order valence-electron chi connectivity index (χ4n) is 2.45. The van der Waals surface area contributed by atoms with E-state index in [1.54, 1.807) is 25.6 Å². The molecular formula is C19H29IN4O2S. The largest absolute Gasteiger partial charge is 0.493 e. The number of aryl methyl sites for hydroxylation is 1. The minimum absolute atomic E-state index is 0. The van der Waals surface area contributed by atoms with Crippen LogP contribution in [-0.2, 0) is 19.4 Å². The molecule has 27 heavy (non-hydrogen) atoms. The number of ether oxygens (including phenoxy) is 2. The first kappa shape index (κ1) is 23.5. The molecule has 0 saturated heterocycles. The molecular weight excluding hydrogens is 475 g/mol. The molecule has 0 unspecified atom stereocenters. The molecule has 0 spiro atoms. The highest BCUT2D eigenvalue weighted by atomic mass is 127. The van der Waals surface area contributed by atoms with Crippen molar-refractivity contribution in [1.82, 2.24) is 15.6 Å². The SMILES string of the molecule is CCNC(=NCc1csc(CC)n1)NCCc1ccc(OC)c(OC)c1.I. The molecule has 0 aliphatic carbocycles. The zero-order valence-corrected chi connectivity index (χ0v) is 19.5. The van der Waals surface area contributed by atoms with E-state index < -0.39 is 0 Å². The summed E-state index contributed by atoms with van der Waals surface area (Å²) in [4.78, 5) is 9.17. The van der Waals surface area contributed by atoms with Crippen LogP contribution < -0.4 is 20.1 Å². The van der Waals surface area contributed by atoms with Crippen molar-refractivity contribution in [3.63, 3.8) is 0 Å². The van der Waals surface area contributed by atoms with Crippen molar-refractivity contribution in [2.75, 3.05) is 27.3 Å². The summed E-state index contributed by atoms with van der Waals surface area (Å²) in [6.07, 6.45) is 1.83. The van der Waals surface area contributed by atoms with Gasteiger partial charge in [0.15, 0.2) is 17.5 Å². The lowest BCUT2D eigenvalue weighted by Gasteiger charge is -2.12. The minimum atomic E-state index is 0. The molecule has 0 saturated carbocycles. The van der Waals surface area contributed by atoms with Gasteiger partial charge in [0.25, 0.3) is 0 Å². The first-order valence-electron chi connectivity index (χ1n) is 8.86. The number of methoxy groups -OCH3 is 2. The summed E-state index contributed by atoms with van der Waals surface area (Å²) in [7, 11) is 3.29. The van der Waals surface area contributed by atoms with Gasteiger partial charge in [-0.15, -0.1) is 35.3 Å². The molecule has 2 aromatic rings. The number of aromatic nitrogens is 1. The van der Waals surface area contributed by atoms with E-state index >= 15 is 0 Å². The number of halogens is 1. The van der Waals surface area contributed by atoms with Crippen molar-refractivity contribution in [1.29, 1.82) is 0 Å². The summed E-state index contributed by atoms with van der Waals surface area (Å²) in [5, 5.41) is 9.87. The number of nitrogens with one attached hydrogen (secondary N) is 2. The third kappa shape index (κ3) is 7.53. The molecule has 6 nitrogen and oxygen atoms in total. The standard InChI is InChI=1S/C19H28N4O2S.HI/c1-5-18-23-15(13-26-18)12-22-19(20-6-2)21-10-9-14-7-8-16(24-3)17(11-14)25-4;/h7-8,11,13H,5-6,9-10,12H2,1-4H3,(H2,20,21,22);1H. The van der Waals surface area contributed by atoms with E-state index in [0.29, 0.717) is 6.54 Å². The normalized spacial score (nSPS) is 10.9. The molecule has 1 heterocycles. The van der Waals surface area contributed by atoms with Crippen LogP contribution in [0.4, 0.5) is 0 Å². The Hall–Kier alpha value is -1.55. The van der Waals surface area contributed by atoms with Gasteiger partial charge in [0.1, 0.15) is 0 Å². The molecule has 2 N–H and O–H groups in total. The smallest absolute Gasteiger partial charge is 0.191 e. The Morgan fingerprint density at radius 3 is 2.56 bits per heavy atom. The first-order valence-corrected chi connectivity index (χ1v) is 9.74. The van der Waals surface area contributed by atoms with Crippen molar-refractivity contribution in [2.24, 2.45) is 4.99 Å². The maximum Gasteiger partial charge on any atom is 0.191 e. The predicted octanol–water partition coefficient (Wildman–Crippen LogP) is 3.64. The van der Waals surface area contributed by atoms with Gasteiger partial charge < -0.3 is 20.1 Å². The molecule has 1 aromatic carbocycles. The van der Waals surface area contributed by atoms with Gasteiger partial charge in [-0.1, -0.05) is 13.0 Å². The summed E-state index contributed by atoms with van der Waals surface area (Å²) < 4.78 is 10.6. The molecule has 150 valence electrons. The molecule has 0 radical (unpaired) electrons. The average Bonchev–Trinajstić information content (AvgIpc) is 3.14. The van der Waals surface area contributed by atoms with E-state index in [-0.39, 0.29) is 24.0 Å². The van der Waals surface area contributed by atoms with Crippen LogP contribution in [0.15, 0.2) is 28.6 Å². The van der Waals surface area contributed by atoms with Gasteiger partial charge >= 0.3 is 0 Å². The number of hydrogen-bond acceptors (Lipinski definition) is 5. The molecule has 0 aliphatic rings. The Kier molecular flexibility index (Phi) is 11.1. The Morgan fingerprint density at radius 2 is 1.93 bits per heavy atom. The first-order chi connectivity index (χ1) is 12.7. The maximum atomic E-state index is 5.35. The van der Waals surface area contributed by atoms with Crippen molar-refractivity contribution >= 4 is 41.3 Å². The fourth-order valence-corrected chi connectivity index (χ4v) is 3.18. The van der Waals surface area contributed by atoms with Crippen LogP contribution in [0.25, 0.3) is 0 Å². The highest BCUT2D eigenvalue weighted by molar-refractivity contribution is 14.0. The third-order valence-corrected chi connectivity index (χ3v) is 4.84. The Balaban J connectivity index is 0.00000364. The summed E-state index contributed by atoms with van der Waals surface area (Å²) in [5.74, 6) is 2.30. The van der Waals surface area contributed by atoms with Gasteiger partial charge in [0.05, 0.1) is 31.5 Å². The van der Waals surface area contributed by atoms with Crippen molar-refractivity contribution in [3.8, 4) is 11.5 Å². The van der Waals surface area contributed by atoms with Crippen LogP contribution in [0, 0.1) is 0 Å². The van der Waals surface area contributed by atoms with Gasteiger partial charge in [-0.25, -0.2) is 9.98 Å². The second kappa shape index (κ2) is 12.8. The lowest BCUT2D eigenvalue weighted by atomic mass is 10.1. The van der Waals surface area contributed by atoms with Crippen LogP contribution in [0.1, 0.15) is 30.1 Å². The predicted molar refractivity (Wildman–Crippen MR) is 123 cm³/mol. The second-order valence-corrected chi connectivity index (χ2v) is 6.59. The van der Waals surface area contributed by atoms with Crippen LogP contribution in [0.3, 0.4) is 0 Å². The Labute approximate surface area is 182 Å². The van der Waals surface area contributed by atoms with Gasteiger partial charge in [-0.2, -0.15) is 0 Å². The highest BCUT2D eigenvalue weighted by Crippen LogP contribution is 2.27. The molecule has 0 fully saturated rings. The van der Waals surface area contributed by atoms with Crippen molar-refractivity contribution in [3.05, 3.63) is 39.8 Å². The number of benzene rings is 1. The van der Waals surface area contributed by atoms with Crippen LogP contribution in [0.5, 0.6) is 11.5 Å². The topological polar surface area (TPSA) is 67.8 Å². The quantitative estimate of drug-likeness (QED) is 0.310. The second-order valence-electron chi connectivity index (χ2n) is 5.65. The molecule has 8 heteroatoms. The van der Waals surface area contributed by atoms with Gasteiger partial charge in [-0.05, 0) is 37.5 Å². The molecule has 1 aromatic heterocycles. The van der Waals surface area contributed by atoms with Crippen LogP contribution >= 0.6 is 35.3 Å².